The summed E-state index contributed by atoms with van der Waals surface area (Å²) in [5.74, 6) is 0.653. The van der Waals surface area contributed by atoms with Gasteiger partial charge in [-0.15, -0.1) is 0 Å². The van der Waals surface area contributed by atoms with E-state index >= 15 is 0 Å². The lowest BCUT2D eigenvalue weighted by Crippen LogP contribution is -2.39. The molecule has 0 saturated heterocycles. The Morgan fingerprint density at radius 3 is 2.75 bits per heavy atom. The standard InChI is InChI=1S/C15H21N7O2/c1-16-15(19-11-12-7-8-20-21(12)2)18-10-9-17-13-5-3-4-6-14(13)22(23)24/h3-8,17H,9-11H2,1-2H3,(H2,16,18,19). The fourth-order valence-electron chi connectivity index (χ4n) is 2.13. The predicted molar refractivity (Wildman–Crippen MR) is 93.0 cm³/mol. The lowest BCUT2D eigenvalue weighted by molar-refractivity contribution is -0.384. The molecule has 0 aliphatic rings. The molecular formula is C15H21N7O2. The number of rotatable bonds is 7. The molecule has 0 spiro atoms. The number of aromatic nitrogens is 2. The van der Waals surface area contributed by atoms with Gasteiger partial charge in [-0.2, -0.15) is 5.10 Å². The second kappa shape index (κ2) is 8.51. The van der Waals surface area contributed by atoms with Crippen LogP contribution in [0.3, 0.4) is 0 Å². The highest BCUT2D eigenvalue weighted by Gasteiger charge is 2.11. The van der Waals surface area contributed by atoms with Crippen molar-refractivity contribution in [1.82, 2.24) is 20.4 Å². The zero-order chi connectivity index (χ0) is 17.4. The van der Waals surface area contributed by atoms with Crippen molar-refractivity contribution in [3.05, 3.63) is 52.3 Å². The molecule has 0 fully saturated rings. The lowest BCUT2D eigenvalue weighted by atomic mass is 10.2. The van der Waals surface area contributed by atoms with Crippen LogP contribution in [0.5, 0.6) is 0 Å². The Bertz CT molecular complexity index is 711. The average molecular weight is 331 g/mol. The van der Waals surface area contributed by atoms with E-state index in [9.17, 15) is 10.1 Å². The van der Waals surface area contributed by atoms with Crippen LogP contribution in [0.2, 0.25) is 0 Å². The number of nitro groups is 1. The number of hydrogen-bond acceptors (Lipinski definition) is 5. The minimum atomic E-state index is -0.399. The van der Waals surface area contributed by atoms with Gasteiger partial charge < -0.3 is 16.0 Å². The van der Waals surface area contributed by atoms with Crippen LogP contribution in [0.4, 0.5) is 11.4 Å². The highest BCUT2D eigenvalue weighted by molar-refractivity contribution is 5.79. The summed E-state index contributed by atoms with van der Waals surface area (Å²) in [6.45, 7) is 1.70. The molecule has 0 unspecified atom stereocenters. The Kier molecular flexibility index (Phi) is 6.12. The fraction of sp³-hybridized carbons (Fsp3) is 0.333. The number of hydrogen-bond donors (Lipinski definition) is 3. The largest absolute Gasteiger partial charge is 0.378 e. The number of benzene rings is 1. The SMILES string of the molecule is CN=C(NCCNc1ccccc1[N+](=O)[O-])NCc1ccnn1C. The number of aliphatic imine (C=N–C) groups is 1. The van der Waals surface area contributed by atoms with Crippen molar-refractivity contribution < 1.29 is 4.92 Å². The van der Waals surface area contributed by atoms with Gasteiger partial charge in [0.05, 0.1) is 17.2 Å². The van der Waals surface area contributed by atoms with Crippen molar-refractivity contribution >= 4 is 17.3 Å². The third-order valence-corrected chi connectivity index (χ3v) is 3.42. The zero-order valence-corrected chi connectivity index (χ0v) is 13.7. The molecule has 0 radical (unpaired) electrons. The van der Waals surface area contributed by atoms with E-state index < -0.39 is 4.92 Å². The van der Waals surface area contributed by atoms with Gasteiger partial charge in [0.1, 0.15) is 5.69 Å². The first-order valence-corrected chi connectivity index (χ1v) is 7.50. The fourth-order valence-corrected chi connectivity index (χ4v) is 2.13. The van der Waals surface area contributed by atoms with E-state index in [0.29, 0.717) is 31.3 Å². The van der Waals surface area contributed by atoms with Gasteiger partial charge >= 0.3 is 0 Å². The summed E-state index contributed by atoms with van der Waals surface area (Å²) in [4.78, 5) is 14.7. The Balaban J connectivity index is 1.76. The van der Waals surface area contributed by atoms with Crippen LogP contribution in [0.25, 0.3) is 0 Å². The maximum atomic E-state index is 10.9. The van der Waals surface area contributed by atoms with E-state index in [-0.39, 0.29) is 5.69 Å². The van der Waals surface area contributed by atoms with Crippen molar-refractivity contribution in [1.29, 1.82) is 0 Å². The van der Waals surface area contributed by atoms with Crippen LogP contribution in [-0.2, 0) is 13.6 Å². The second-order valence-electron chi connectivity index (χ2n) is 5.00. The molecule has 1 aromatic carbocycles. The molecule has 24 heavy (non-hydrogen) atoms. The number of aryl methyl sites for hydroxylation is 1. The van der Waals surface area contributed by atoms with Crippen molar-refractivity contribution in [2.75, 3.05) is 25.5 Å². The highest BCUT2D eigenvalue weighted by atomic mass is 16.6. The quantitative estimate of drug-likeness (QED) is 0.230. The second-order valence-corrected chi connectivity index (χ2v) is 5.00. The molecule has 9 heteroatoms. The molecule has 0 amide bonds. The summed E-state index contributed by atoms with van der Waals surface area (Å²) in [6, 6.07) is 8.50. The average Bonchev–Trinajstić information content (AvgIpc) is 2.99. The topological polar surface area (TPSA) is 109 Å². The first kappa shape index (κ1) is 17.3. The van der Waals surface area contributed by atoms with Crippen LogP contribution in [-0.4, -0.2) is 40.8 Å². The van der Waals surface area contributed by atoms with E-state index in [1.54, 1.807) is 36.1 Å². The maximum Gasteiger partial charge on any atom is 0.292 e. The Morgan fingerprint density at radius 1 is 1.29 bits per heavy atom. The van der Waals surface area contributed by atoms with Gasteiger partial charge in [-0.1, -0.05) is 12.1 Å². The van der Waals surface area contributed by atoms with Gasteiger partial charge in [0.25, 0.3) is 5.69 Å². The molecule has 9 nitrogen and oxygen atoms in total. The molecule has 2 rings (SSSR count). The van der Waals surface area contributed by atoms with Crippen LogP contribution in [0.1, 0.15) is 5.69 Å². The third kappa shape index (κ3) is 4.70. The third-order valence-electron chi connectivity index (χ3n) is 3.42. The summed E-state index contributed by atoms with van der Waals surface area (Å²) in [5, 5.41) is 24.4. The first-order chi connectivity index (χ1) is 11.6. The van der Waals surface area contributed by atoms with Crippen molar-refractivity contribution in [2.45, 2.75) is 6.54 Å². The molecule has 0 atom stereocenters. The molecule has 2 aromatic rings. The first-order valence-electron chi connectivity index (χ1n) is 7.50. The van der Waals surface area contributed by atoms with Gasteiger partial charge in [-0.25, -0.2) is 0 Å². The van der Waals surface area contributed by atoms with Gasteiger partial charge in [-0.05, 0) is 12.1 Å². The number of nitrogens with zero attached hydrogens (tertiary/aromatic N) is 4. The van der Waals surface area contributed by atoms with Crippen molar-refractivity contribution in [3.63, 3.8) is 0 Å². The summed E-state index contributed by atoms with van der Waals surface area (Å²) in [5.41, 5.74) is 1.61. The normalized spacial score (nSPS) is 11.2. The van der Waals surface area contributed by atoms with Gasteiger partial charge in [-0.3, -0.25) is 19.8 Å². The van der Waals surface area contributed by atoms with Crippen LogP contribution in [0, 0.1) is 10.1 Å². The van der Waals surface area contributed by atoms with Crippen molar-refractivity contribution in [3.8, 4) is 0 Å². The number of nitro benzene ring substituents is 1. The number of para-hydroxylation sites is 2. The minimum absolute atomic E-state index is 0.0659. The van der Waals surface area contributed by atoms with E-state index in [0.717, 1.165) is 5.69 Å². The minimum Gasteiger partial charge on any atom is -0.378 e. The number of guanidine groups is 1. The van der Waals surface area contributed by atoms with E-state index in [2.05, 4.69) is 26.0 Å². The van der Waals surface area contributed by atoms with Gasteiger partial charge in [0.2, 0.25) is 0 Å². The van der Waals surface area contributed by atoms with Crippen molar-refractivity contribution in [2.24, 2.45) is 12.0 Å². The Morgan fingerprint density at radius 2 is 2.08 bits per heavy atom. The maximum absolute atomic E-state index is 10.9. The molecule has 1 aromatic heterocycles. The van der Waals surface area contributed by atoms with E-state index in [1.807, 2.05) is 13.1 Å². The summed E-state index contributed by atoms with van der Waals surface area (Å²) in [6.07, 6.45) is 1.74. The molecule has 128 valence electrons. The van der Waals surface area contributed by atoms with Crippen LogP contribution >= 0.6 is 0 Å². The molecule has 1 heterocycles. The summed E-state index contributed by atoms with van der Waals surface area (Å²) < 4.78 is 1.79. The molecule has 0 bridgehead atoms. The summed E-state index contributed by atoms with van der Waals surface area (Å²) in [7, 11) is 3.57. The van der Waals surface area contributed by atoms with Crippen LogP contribution in [0.15, 0.2) is 41.5 Å². The van der Waals surface area contributed by atoms with Gasteiger partial charge in [0.15, 0.2) is 5.96 Å². The molecular weight excluding hydrogens is 310 g/mol. The van der Waals surface area contributed by atoms with Gasteiger partial charge in [0, 0.05) is 39.4 Å². The smallest absolute Gasteiger partial charge is 0.292 e. The predicted octanol–water partition coefficient (Wildman–Crippen LogP) is 1.11. The highest BCUT2D eigenvalue weighted by Crippen LogP contribution is 2.22. The Labute approximate surface area is 139 Å². The van der Waals surface area contributed by atoms with E-state index in [1.165, 1.54) is 6.07 Å². The Hall–Kier alpha value is -3.10. The molecule has 3 N–H and O–H groups in total. The molecule has 0 aliphatic carbocycles. The molecule has 0 saturated carbocycles. The van der Waals surface area contributed by atoms with E-state index in [4.69, 9.17) is 0 Å². The number of nitrogens with one attached hydrogen (secondary N) is 3. The summed E-state index contributed by atoms with van der Waals surface area (Å²) >= 11 is 0. The van der Waals surface area contributed by atoms with Crippen LogP contribution < -0.4 is 16.0 Å². The monoisotopic (exact) mass is 331 g/mol. The molecule has 0 aliphatic heterocycles. The number of anilines is 1. The lowest BCUT2D eigenvalue weighted by Gasteiger charge is -2.13. The zero-order valence-electron chi connectivity index (χ0n) is 13.7.